The maximum Gasteiger partial charge on any atom is 0.232 e. The summed E-state index contributed by atoms with van der Waals surface area (Å²) in [5, 5.41) is 0. The van der Waals surface area contributed by atoms with Crippen LogP contribution in [0.25, 0.3) is 11.3 Å². The summed E-state index contributed by atoms with van der Waals surface area (Å²) < 4.78 is 34.1. The van der Waals surface area contributed by atoms with Gasteiger partial charge in [-0.2, -0.15) is 0 Å². The molecule has 7 heteroatoms. The van der Waals surface area contributed by atoms with Crippen LogP contribution < -0.4 is 4.74 Å². The molecular formula is C16H18N2O4S. The zero-order valence-electron chi connectivity index (χ0n) is 12.8. The summed E-state index contributed by atoms with van der Waals surface area (Å²) in [6.07, 6.45) is 6.54. The van der Waals surface area contributed by atoms with E-state index in [2.05, 4.69) is 9.97 Å². The van der Waals surface area contributed by atoms with Crippen molar-refractivity contribution >= 4 is 9.84 Å². The molecular weight excluding hydrogens is 316 g/mol. The van der Waals surface area contributed by atoms with E-state index in [4.69, 9.17) is 9.47 Å². The molecule has 1 aliphatic rings. The molecule has 1 aromatic carbocycles. The molecule has 1 saturated heterocycles. The van der Waals surface area contributed by atoms with Gasteiger partial charge in [0.25, 0.3) is 0 Å². The largest absolute Gasteiger partial charge is 0.474 e. The van der Waals surface area contributed by atoms with Crippen LogP contribution in [0.1, 0.15) is 12.8 Å². The minimum atomic E-state index is -3.20. The van der Waals surface area contributed by atoms with Crippen LogP contribution in [0.4, 0.5) is 0 Å². The lowest BCUT2D eigenvalue weighted by Crippen LogP contribution is -2.16. The van der Waals surface area contributed by atoms with Crippen molar-refractivity contribution in [1.29, 1.82) is 0 Å². The lowest BCUT2D eigenvalue weighted by molar-refractivity contribution is 0.0662. The van der Waals surface area contributed by atoms with Crippen LogP contribution >= 0.6 is 0 Å². The van der Waals surface area contributed by atoms with Gasteiger partial charge in [-0.1, -0.05) is 12.1 Å². The van der Waals surface area contributed by atoms with Gasteiger partial charge in [0.05, 0.1) is 29.1 Å². The Morgan fingerprint density at radius 1 is 1.26 bits per heavy atom. The van der Waals surface area contributed by atoms with Crippen LogP contribution in [0.2, 0.25) is 0 Å². The summed E-state index contributed by atoms with van der Waals surface area (Å²) in [4.78, 5) is 8.81. The maximum atomic E-state index is 11.5. The van der Waals surface area contributed by atoms with Crippen molar-refractivity contribution in [2.45, 2.75) is 23.8 Å². The van der Waals surface area contributed by atoms with Gasteiger partial charge >= 0.3 is 0 Å². The molecule has 122 valence electrons. The van der Waals surface area contributed by atoms with Crippen molar-refractivity contribution in [3.8, 4) is 17.1 Å². The Morgan fingerprint density at radius 2 is 2.04 bits per heavy atom. The number of aromatic nitrogens is 2. The Bertz CT molecular complexity index is 769. The molecule has 2 heterocycles. The van der Waals surface area contributed by atoms with Crippen molar-refractivity contribution in [3.63, 3.8) is 0 Å². The molecule has 0 spiro atoms. The van der Waals surface area contributed by atoms with E-state index in [0.29, 0.717) is 18.2 Å². The highest BCUT2D eigenvalue weighted by Crippen LogP contribution is 2.21. The van der Waals surface area contributed by atoms with Gasteiger partial charge in [0.1, 0.15) is 6.61 Å². The van der Waals surface area contributed by atoms with Crippen LogP contribution in [-0.2, 0) is 14.6 Å². The molecule has 0 amide bonds. The summed E-state index contributed by atoms with van der Waals surface area (Å²) in [7, 11) is -3.20. The van der Waals surface area contributed by atoms with Gasteiger partial charge in [-0.25, -0.2) is 13.4 Å². The molecule has 0 unspecified atom stereocenters. The highest BCUT2D eigenvalue weighted by molar-refractivity contribution is 7.90. The SMILES string of the molecule is CS(=O)(=O)c1ccc(-c2cncc(OC[C@H]3CCCO3)n2)cc1. The normalized spacial score (nSPS) is 18.0. The van der Waals surface area contributed by atoms with E-state index in [1.807, 2.05) is 0 Å². The van der Waals surface area contributed by atoms with Gasteiger partial charge in [0.15, 0.2) is 9.84 Å². The summed E-state index contributed by atoms with van der Waals surface area (Å²) >= 11 is 0. The summed E-state index contributed by atoms with van der Waals surface area (Å²) in [5.74, 6) is 0.435. The number of hydrogen-bond acceptors (Lipinski definition) is 6. The van der Waals surface area contributed by atoms with Crippen molar-refractivity contribution in [2.75, 3.05) is 19.5 Å². The zero-order chi connectivity index (χ0) is 16.3. The van der Waals surface area contributed by atoms with Gasteiger partial charge in [-0.15, -0.1) is 0 Å². The first-order chi connectivity index (χ1) is 11.0. The molecule has 1 aromatic heterocycles. The highest BCUT2D eigenvalue weighted by atomic mass is 32.2. The minimum absolute atomic E-state index is 0.120. The molecule has 0 radical (unpaired) electrons. The fourth-order valence-electron chi connectivity index (χ4n) is 2.38. The van der Waals surface area contributed by atoms with Gasteiger partial charge in [-0.05, 0) is 25.0 Å². The van der Waals surface area contributed by atoms with E-state index >= 15 is 0 Å². The predicted octanol–water partition coefficient (Wildman–Crippen LogP) is 2.10. The van der Waals surface area contributed by atoms with Crippen LogP contribution in [0.5, 0.6) is 5.88 Å². The first kappa shape index (κ1) is 15.9. The molecule has 23 heavy (non-hydrogen) atoms. The molecule has 1 aliphatic heterocycles. The Labute approximate surface area is 135 Å². The third-order valence-electron chi connectivity index (χ3n) is 3.63. The second-order valence-corrected chi connectivity index (χ2v) is 7.50. The minimum Gasteiger partial charge on any atom is -0.474 e. The average molecular weight is 334 g/mol. The quantitative estimate of drug-likeness (QED) is 0.833. The average Bonchev–Trinajstić information content (AvgIpc) is 3.06. The fourth-order valence-corrected chi connectivity index (χ4v) is 3.01. The second kappa shape index (κ2) is 6.64. The second-order valence-electron chi connectivity index (χ2n) is 5.49. The Hall–Kier alpha value is -1.99. The number of ether oxygens (including phenoxy) is 2. The van der Waals surface area contributed by atoms with E-state index in [-0.39, 0.29) is 11.0 Å². The van der Waals surface area contributed by atoms with E-state index in [9.17, 15) is 8.42 Å². The first-order valence-electron chi connectivity index (χ1n) is 7.39. The van der Waals surface area contributed by atoms with E-state index < -0.39 is 9.84 Å². The lowest BCUT2D eigenvalue weighted by atomic mass is 10.2. The lowest BCUT2D eigenvalue weighted by Gasteiger charge is -2.11. The number of nitrogens with zero attached hydrogens (tertiary/aromatic N) is 2. The Balaban J connectivity index is 1.73. The Kier molecular flexibility index (Phi) is 4.58. The molecule has 2 aromatic rings. The monoisotopic (exact) mass is 334 g/mol. The molecule has 0 saturated carbocycles. The van der Waals surface area contributed by atoms with Gasteiger partial charge in [0.2, 0.25) is 5.88 Å². The molecule has 6 nitrogen and oxygen atoms in total. The van der Waals surface area contributed by atoms with E-state index in [1.54, 1.807) is 36.7 Å². The summed E-state index contributed by atoms with van der Waals surface area (Å²) in [6.45, 7) is 1.25. The summed E-state index contributed by atoms with van der Waals surface area (Å²) in [6, 6.07) is 6.55. The van der Waals surface area contributed by atoms with E-state index in [1.165, 1.54) is 6.26 Å². The topological polar surface area (TPSA) is 78.4 Å². The Morgan fingerprint density at radius 3 is 2.70 bits per heavy atom. The van der Waals surface area contributed by atoms with Crippen molar-refractivity contribution in [2.24, 2.45) is 0 Å². The van der Waals surface area contributed by atoms with Crippen LogP contribution in [0.3, 0.4) is 0 Å². The number of hydrogen-bond donors (Lipinski definition) is 0. The summed E-state index contributed by atoms with van der Waals surface area (Å²) in [5.41, 5.74) is 1.42. The first-order valence-corrected chi connectivity index (χ1v) is 9.28. The molecule has 1 atom stereocenters. The molecule has 3 rings (SSSR count). The standard InChI is InChI=1S/C16H18N2O4S/c1-23(19,20)14-6-4-12(5-7-14)15-9-17-10-16(18-15)22-11-13-3-2-8-21-13/h4-7,9-10,13H,2-3,8,11H2,1H3/t13-/m1/s1. The number of rotatable bonds is 5. The molecule has 1 fully saturated rings. The molecule has 0 N–H and O–H groups in total. The van der Waals surface area contributed by atoms with Gasteiger partial charge in [0, 0.05) is 18.4 Å². The molecule has 0 aliphatic carbocycles. The maximum absolute atomic E-state index is 11.5. The fraction of sp³-hybridized carbons (Fsp3) is 0.375. The zero-order valence-corrected chi connectivity index (χ0v) is 13.6. The predicted molar refractivity (Wildman–Crippen MR) is 85.0 cm³/mol. The van der Waals surface area contributed by atoms with Crippen LogP contribution in [0, 0.1) is 0 Å². The van der Waals surface area contributed by atoms with Crippen molar-refractivity contribution in [1.82, 2.24) is 9.97 Å². The number of sulfone groups is 1. The number of benzene rings is 1. The van der Waals surface area contributed by atoms with Gasteiger partial charge in [-0.3, -0.25) is 4.98 Å². The third-order valence-corrected chi connectivity index (χ3v) is 4.76. The van der Waals surface area contributed by atoms with Crippen LogP contribution in [-0.4, -0.2) is 44.0 Å². The third kappa shape index (κ3) is 4.05. The highest BCUT2D eigenvalue weighted by Gasteiger charge is 2.16. The van der Waals surface area contributed by atoms with Crippen molar-refractivity contribution in [3.05, 3.63) is 36.7 Å². The van der Waals surface area contributed by atoms with Crippen molar-refractivity contribution < 1.29 is 17.9 Å². The smallest absolute Gasteiger partial charge is 0.232 e. The van der Waals surface area contributed by atoms with Gasteiger partial charge < -0.3 is 9.47 Å². The molecule has 0 bridgehead atoms. The van der Waals surface area contributed by atoms with Crippen LogP contribution in [0.15, 0.2) is 41.6 Å². The van der Waals surface area contributed by atoms with E-state index in [0.717, 1.165) is 25.0 Å².